The van der Waals surface area contributed by atoms with Crippen LogP contribution in [0.5, 0.6) is 0 Å². The SMILES string of the molecule is Cc1ccc(Cl)cc1N1CCN(C(=O)CCN2N=C(c3ccccc3)CCC2=O)CC1. The molecule has 2 aromatic carbocycles. The van der Waals surface area contributed by atoms with Crippen molar-refractivity contribution in [3.63, 3.8) is 0 Å². The largest absolute Gasteiger partial charge is 0.368 e. The maximum absolute atomic E-state index is 12.8. The second-order valence-corrected chi connectivity index (χ2v) is 8.41. The van der Waals surface area contributed by atoms with Gasteiger partial charge >= 0.3 is 0 Å². The number of amides is 2. The molecule has 1 saturated heterocycles. The van der Waals surface area contributed by atoms with E-state index in [9.17, 15) is 9.59 Å². The van der Waals surface area contributed by atoms with Gasteiger partial charge in [-0.15, -0.1) is 0 Å². The minimum Gasteiger partial charge on any atom is -0.368 e. The molecule has 7 heteroatoms. The number of hydrogen-bond donors (Lipinski definition) is 0. The molecule has 0 aliphatic carbocycles. The first kappa shape index (κ1) is 21.4. The second-order valence-electron chi connectivity index (χ2n) is 7.98. The number of carbonyl (C=O) groups excluding carboxylic acids is 2. The molecule has 31 heavy (non-hydrogen) atoms. The normalized spacial score (nSPS) is 17.0. The van der Waals surface area contributed by atoms with E-state index in [0.29, 0.717) is 32.5 Å². The number of anilines is 1. The maximum atomic E-state index is 12.8. The van der Waals surface area contributed by atoms with Gasteiger partial charge in [-0.1, -0.05) is 48.0 Å². The summed E-state index contributed by atoms with van der Waals surface area (Å²) in [6.45, 7) is 5.26. The zero-order chi connectivity index (χ0) is 21.8. The Balaban J connectivity index is 1.32. The highest BCUT2D eigenvalue weighted by Crippen LogP contribution is 2.25. The molecular weight excluding hydrogens is 412 g/mol. The number of carbonyl (C=O) groups is 2. The first-order valence-electron chi connectivity index (χ1n) is 10.7. The summed E-state index contributed by atoms with van der Waals surface area (Å²) in [5, 5.41) is 6.72. The fourth-order valence-electron chi connectivity index (χ4n) is 4.09. The van der Waals surface area contributed by atoms with Crippen molar-refractivity contribution >= 4 is 34.8 Å². The van der Waals surface area contributed by atoms with Crippen LogP contribution in [0.15, 0.2) is 53.6 Å². The van der Waals surface area contributed by atoms with Crippen LogP contribution in [-0.4, -0.2) is 60.2 Å². The van der Waals surface area contributed by atoms with Crippen LogP contribution in [0.4, 0.5) is 5.69 Å². The first-order chi connectivity index (χ1) is 15.0. The Morgan fingerprint density at radius 3 is 2.52 bits per heavy atom. The van der Waals surface area contributed by atoms with Crippen molar-refractivity contribution in [1.82, 2.24) is 9.91 Å². The fourth-order valence-corrected chi connectivity index (χ4v) is 4.26. The summed E-state index contributed by atoms with van der Waals surface area (Å²) in [7, 11) is 0. The first-order valence-corrected chi connectivity index (χ1v) is 11.1. The number of hydrazone groups is 1. The molecule has 2 heterocycles. The summed E-state index contributed by atoms with van der Waals surface area (Å²) in [5.41, 5.74) is 4.23. The molecule has 2 amide bonds. The van der Waals surface area contributed by atoms with Gasteiger partial charge in [0.2, 0.25) is 11.8 Å². The van der Waals surface area contributed by atoms with Crippen LogP contribution < -0.4 is 4.90 Å². The quantitative estimate of drug-likeness (QED) is 0.715. The molecule has 0 radical (unpaired) electrons. The predicted octanol–water partition coefficient (Wildman–Crippen LogP) is 3.71. The van der Waals surface area contributed by atoms with E-state index in [4.69, 9.17) is 11.6 Å². The zero-order valence-electron chi connectivity index (χ0n) is 17.8. The van der Waals surface area contributed by atoms with Gasteiger partial charge in [0.05, 0.1) is 12.3 Å². The smallest absolute Gasteiger partial charge is 0.243 e. The van der Waals surface area contributed by atoms with E-state index in [2.05, 4.69) is 16.9 Å². The van der Waals surface area contributed by atoms with Crippen molar-refractivity contribution in [3.05, 3.63) is 64.7 Å². The van der Waals surface area contributed by atoms with Gasteiger partial charge in [0.1, 0.15) is 0 Å². The third-order valence-corrected chi connectivity index (χ3v) is 6.13. The number of hydrogen-bond acceptors (Lipinski definition) is 4. The van der Waals surface area contributed by atoms with E-state index in [0.717, 1.165) is 35.1 Å². The van der Waals surface area contributed by atoms with Crippen LogP contribution >= 0.6 is 11.6 Å². The Morgan fingerprint density at radius 2 is 1.77 bits per heavy atom. The van der Waals surface area contributed by atoms with E-state index >= 15 is 0 Å². The third-order valence-electron chi connectivity index (χ3n) is 5.89. The van der Waals surface area contributed by atoms with Gasteiger partial charge in [-0.25, -0.2) is 5.01 Å². The van der Waals surface area contributed by atoms with Gasteiger partial charge in [-0.3, -0.25) is 9.59 Å². The zero-order valence-corrected chi connectivity index (χ0v) is 18.5. The molecule has 4 rings (SSSR count). The van der Waals surface area contributed by atoms with Crippen LogP contribution in [0.25, 0.3) is 0 Å². The maximum Gasteiger partial charge on any atom is 0.243 e. The molecule has 1 fully saturated rings. The van der Waals surface area contributed by atoms with Crippen molar-refractivity contribution in [2.24, 2.45) is 5.10 Å². The number of rotatable bonds is 5. The van der Waals surface area contributed by atoms with E-state index in [-0.39, 0.29) is 18.2 Å². The molecule has 162 valence electrons. The number of aryl methyl sites for hydroxylation is 1. The highest BCUT2D eigenvalue weighted by atomic mass is 35.5. The van der Waals surface area contributed by atoms with Gasteiger partial charge in [0.25, 0.3) is 0 Å². The lowest BCUT2D eigenvalue weighted by Crippen LogP contribution is -2.49. The van der Waals surface area contributed by atoms with Crippen LogP contribution in [-0.2, 0) is 9.59 Å². The summed E-state index contributed by atoms with van der Waals surface area (Å²) in [5.74, 6) is 0.0473. The van der Waals surface area contributed by atoms with E-state index in [1.807, 2.05) is 53.4 Å². The molecule has 0 saturated carbocycles. The third kappa shape index (κ3) is 5.07. The Hall–Kier alpha value is -2.86. The fraction of sp³-hybridized carbons (Fsp3) is 0.375. The lowest BCUT2D eigenvalue weighted by molar-refractivity contribution is -0.135. The average Bonchev–Trinajstić information content (AvgIpc) is 2.80. The molecule has 0 atom stereocenters. The minimum absolute atomic E-state index is 0.0197. The van der Waals surface area contributed by atoms with Crippen LogP contribution in [0.2, 0.25) is 5.02 Å². The highest BCUT2D eigenvalue weighted by Gasteiger charge is 2.25. The molecule has 6 nitrogen and oxygen atoms in total. The molecule has 2 aliphatic rings. The van der Waals surface area contributed by atoms with Crippen molar-refractivity contribution in [2.45, 2.75) is 26.2 Å². The van der Waals surface area contributed by atoms with Crippen LogP contribution in [0.1, 0.15) is 30.4 Å². The van der Waals surface area contributed by atoms with Crippen molar-refractivity contribution in [3.8, 4) is 0 Å². The number of halogens is 1. The van der Waals surface area contributed by atoms with Crippen LogP contribution in [0.3, 0.4) is 0 Å². The molecule has 0 bridgehead atoms. The van der Waals surface area contributed by atoms with Crippen LogP contribution in [0, 0.1) is 6.92 Å². The number of nitrogens with zero attached hydrogens (tertiary/aromatic N) is 4. The standard InChI is InChI=1S/C24H27ClN4O2/c1-18-7-8-20(25)17-22(18)27-13-15-28(16-14-27)23(30)11-12-29-24(31)10-9-21(26-29)19-5-3-2-4-6-19/h2-8,17H,9-16H2,1H3. The Morgan fingerprint density at radius 1 is 1.03 bits per heavy atom. The average molecular weight is 439 g/mol. The Bertz CT molecular complexity index is 984. The molecule has 2 aromatic rings. The van der Waals surface area contributed by atoms with Gasteiger partial charge in [-0.2, -0.15) is 5.10 Å². The Labute approximate surface area is 188 Å². The second kappa shape index (κ2) is 9.52. The van der Waals surface area contributed by atoms with E-state index in [1.54, 1.807) is 0 Å². The van der Waals surface area contributed by atoms with Gasteiger partial charge in [0.15, 0.2) is 0 Å². The Kier molecular flexibility index (Phi) is 6.56. The van der Waals surface area contributed by atoms with Gasteiger partial charge < -0.3 is 9.80 Å². The summed E-state index contributed by atoms with van der Waals surface area (Å²) in [6, 6.07) is 15.8. The van der Waals surface area contributed by atoms with Crippen molar-refractivity contribution in [1.29, 1.82) is 0 Å². The lowest BCUT2D eigenvalue weighted by Gasteiger charge is -2.37. The molecule has 2 aliphatic heterocycles. The van der Waals surface area contributed by atoms with E-state index < -0.39 is 0 Å². The predicted molar refractivity (Wildman–Crippen MR) is 124 cm³/mol. The summed E-state index contributed by atoms with van der Waals surface area (Å²) in [4.78, 5) is 29.2. The van der Waals surface area contributed by atoms with Crippen molar-refractivity contribution < 1.29 is 9.59 Å². The molecule has 0 aromatic heterocycles. The molecule has 0 spiro atoms. The van der Waals surface area contributed by atoms with Gasteiger partial charge in [0, 0.05) is 56.2 Å². The minimum atomic E-state index is -0.0197. The summed E-state index contributed by atoms with van der Waals surface area (Å²) >= 11 is 6.16. The molecule has 0 unspecified atom stereocenters. The summed E-state index contributed by atoms with van der Waals surface area (Å²) in [6.07, 6.45) is 1.35. The lowest BCUT2D eigenvalue weighted by atomic mass is 10.0. The van der Waals surface area contributed by atoms with Gasteiger partial charge in [-0.05, 0) is 30.2 Å². The monoisotopic (exact) mass is 438 g/mol. The molecule has 0 N–H and O–H groups in total. The molecular formula is C24H27ClN4O2. The number of piperazine rings is 1. The topological polar surface area (TPSA) is 56.2 Å². The highest BCUT2D eigenvalue weighted by molar-refractivity contribution is 6.30. The van der Waals surface area contributed by atoms with E-state index in [1.165, 1.54) is 10.6 Å². The summed E-state index contributed by atoms with van der Waals surface area (Å²) < 4.78 is 0. The number of benzene rings is 2. The van der Waals surface area contributed by atoms with Crippen molar-refractivity contribution in [2.75, 3.05) is 37.6 Å².